The van der Waals surface area contributed by atoms with Crippen LogP contribution in [0.1, 0.15) is 27.0 Å². The van der Waals surface area contributed by atoms with Gasteiger partial charge >= 0.3 is 0 Å². The van der Waals surface area contributed by atoms with Gasteiger partial charge in [0, 0.05) is 31.0 Å². The van der Waals surface area contributed by atoms with Gasteiger partial charge in [-0.3, -0.25) is 9.52 Å². The SMILES string of the molecule is Cc1ccc(S(=O)(=O)Nc2ccccc2F)cc1C(=O)NCc1ccc(Cn2ccnc2)cc1. The molecule has 0 bridgehead atoms. The molecule has 0 saturated carbocycles. The Morgan fingerprint density at radius 1 is 1.03 bits per heavy atom. The fourth-order valence-corrected chi connectivity index (χ4v) is 4.48. The molecule has 0 aliphatic carbocycles. The molecule has 174 valence electrons. The Morgan fingerprint density at radius 2 is 1.76 bits per heavy atom. The van der Waals surface area contributed by atoms with Crippen LogP contribution in [-0.4, -0.2) is 23.9 Å². The number of carbonyl (C=O) groups is 1. The number of halogens is 1. The van der Waals surface area contributed by atoms with Crippen molar-refractivity contribution in [1.29, 1.82) is 0 Å². The normalized spacial score (nSPS) is 11.2. The molecule has 1 aromatic heterocycles. The second-order valence-electron chi connectivity index (χ2n) is 7.80. The highest BCUT2D eigenvalue weighted by Gasteiger charge is 2.19. The number of nitrogens with one attached hydrogen (secondary N) is 2. The van der Waals surface area contributed by atoms with Crippen LogP contribution in [0.3, 0.4) is 0 Å². The fraction of sp³-hybridized carbons (Fsp3) is 0.120. The van der Waals surface area contributed by atoms with Crippen LogP contribution in [0.25, 0.3) is 0 Å². The highest BCUT2D eigenvalue weighted by Crippen LogP contribution is 2.21. The van der Waals surface area contributed by atoms with Crippen molar-refractivity contribution in [2.24, 2.45) is 0 Å². The lowest BCUT2D eigenvalue weighted by Gasteiger charge is -2.12. The maximum absolute atomic E-state index is 13.9. The number of hydrogen-bond donors (Lipinski definition) is 2. The average molecular weight is 479 g/mol. The number of amides is 1. The van der Waals surface area contributed by atoms with Gasteiger partial charge in [0.2, 0.25) is 0 Å². The summed E-state index contributed by atoms with van der Waals surface area (Å²) in [7, 11) is -4.08. The zero-order valence-corrected chi connectivity index (χ0v) is 19.2. The molecule has 1 heterocycles. The van der Waals surface area contributed by atoms with E-state index in [0.29, 0.717) is 12.1 Å². The van der Waals surface area contributed by atoms with E-state index in [0.717, 1.165) is 17.2 Å². The van der Waals surface area contributed by atoms with Crippen LogP contribution in [0.5, 0.6) is 0 Å². The number of nitrogens with zero attached hydrogens (tertiary/aromatic N) is 2. The molecule has 2 N–H and O–H groups in total. The smallest absolute Gasteiger partial charge is 0.262 e. The van der Waals surface area contributed by atoms with E-state index in [1.807, 2.05) is 35.0 Å². The number of hydrogen-bond acceptors (Lipinski definition) is 4. The van der Waals surface area contributed by atoms with Gasteiger partial charge in [0.25, 0.3) is 15.9 Å². The average Bonchev–Trinajstić information content (AvgIpc) is 3.33. The summed E-state index contributed by atoms with van der Waals surface area (Å²) < 4.78 is 43.6. The summed E-state index contributed by atoms with van der Waals surface area (Å²) in [5.41, 5.74) is 2.70. The molecule has 3 aromatic carbocycles. The molecule has 9 heteroatoms. The summed E-state index contributed by atoms with van der Waals surface area (Å²) in [5.74, 6) is -1.09. The van der Waals surface area contributed by atoms with Gasteiger partial charge in [-0.25, -0.2) is 17.8 Å². The van der Waals surface area contributed by atoms with Gasteiger partial charge in [-0.1, -0.05) is 42.5 Å². The van der Waals surface area contributed by atoms with Crippen LogP contribution in [0, 0.1) is 12.7 Å². The Morgan fingerprint density at radius 3 is 2.47 bits per heavy atom. The van der Waals surface area contributed by atoms with Gasteiger partial charge in [-0.15, -0.1) is 0 Å². The van der Waals surface area contributed by atoms with Crippen LogP contribution in [0.4, 0.5) is 10.1 Å². The highest BCUT2D eigenvalue weighted by molar-refractivity contribution is 7.92. The summed E-state index contributed by atoms with van der Waals surface area (Å²) >= 11 is 0. The van der Waals surface area contributed by atoms with Gasteiger partial charge < -0.3 is 9.88 Å². The first-order valence-electron chi connectivity index (χ1n) is 10.5. The van der Waals surface area contributed by atoms with Gasteiger partial charge in [-0.05, 0) is 47.9 Å². The Labute approximate surface area is 197 Å². The van der Waals surface area contributed by atoms with Crippen molar-refractivity contribution in [3.8, 4) is 0 Å². The third-order valence-corrected chi connectivity index (χ3v) is 6.65. The Hall–Kier alpha value is -3.98. The van der Waals surface area contributed by atoms with Crippen LogP contribution >= 0.6 is 0 Å². The first-order chi connectivity index (χ1) is 16.3. The number of benzene rings is 3. The molecule has 34 heavy (non-hydrogen) atoms. The Kier molecular flexibility index (Phi) is 6.74. The molecule has 7 nitrogen and oxygen atoms in total. The minimum Gasteiger partial charge on any atom is -0.348 e. The monoisotopic (exact) mass is 478 g/mol. The zero-order valence-electron chi connectivity index (χ0n) is 18.4. The molecule has 0 radical (unpaired) electrons. The summed E-state index contributed by atoms with van der Waals surface area (Å²) in [5, 5.41) is 2.83. The second-order valence-corrected chi connectivity index (χ2v) is 9.48. The van der Waals surface area contributed by atoms with Crippen molar-refractivity contribution in [2.75, 3.05) is 4.72 Å². The van der Waals surface area contributed by atoms with E-state index in [9.17, 15) is 17.6 Å². The van der Waals surface area contributed by atoms with Crippen LogP contribution in [0.2, 0.25) is 0 Å². The summed E-state index contributed by atoms with van der Waals surface area (Å²) in [6, 6.07) is 17.5. The lowest BCUT2D eigenvalue weighted by Crippen LogP contribution is -2.24. The molecule has 0 saturated heterocycles. The molecule has 0 aliphatic heterocycles. The van der Waals surface area contributed by atoms with Gasteiger partial charge in [-0.2, -0.15) is 0 Å². The molecule has 0 spiro atoms. The number of aromatic nitrogens is 2. The quantitative estimate of drug-likeness (QED) is 0.399. The summed E-state index contributed by atoms with van der Waals surface area (Å²) in [6.45, 7) is 2.71. The molecular formula is C25H23FN4O3S. The van der Waals surface area contributed by atoms with Crippen molar-refractivity contribution in [1.82, 2.24) is 14.9 Å². The van der Waals surface area contributed by atoms with Gasteiger partial charge in [0.1, 0.15) is 5.82 Å². The maximum atomic E-state index is 13.9. The molecule has 1 amide bonds. The fourth-order valence-electron chi connectivity index (χ4n) is 3.39. The predicted molar refractivity (Wildman–Crippen MR) is 127 cm³/mol. The topological polar surface area (TPSA) is 93.1 Å². The first-order valence-corrected chi connectivity index (χ1v) is 12.0. The van der Waals surface area contributed by atoms with E-state index in [2.05, 4.69) is 15.0 Å². The zero-order chi connectivity index (χ0) is 24.1. The second kappa shape index (κ2) is 9.88. The standard InChI is InChI=1S/C25H23FN4O3S/c1-18-6-11-21(34(32,33)29-24-5-3-2-4-23(24)26)14-22(18)25(31)28-15-19-7-9-20(10-8-19)16-30-13-12-27-17-30/h2-14,17,29H,15-16H2,1H3,(H,28,31). The molecule has 0 aliphatic rings. The lowest BCUT2D eigenvalue weighted by atomic mass is 10.1. The number of imidazole rings is 1. The number of rotatable bonds is 8. The largest absolute Gasteiger partial charge is 0.348 e. The maximum Gasteiger partial charge on any atom is 0.262 e. The van der Waals surface area contributed by atoms with E-state index < -0.39 is 21.7 Å². The molecular weight excluding hydrogens is 455 g/mol. The van der Waals surface area contributed by atoms with E-state index in [-0.39, 0.29) is 22.7 Å². The van der Waals surface area contributed by atoms with E-state index in [1.165, 1.54) is 30.3 Å². The number of aryl methyl sites for hydroxylation is 1. The molecule has 4 aromatic rings. The predicted octanol–water partition coefficient (Wildman–Crippen LogP) is 4.11. The third kappa shape index (κ3) is 5.49. The lowest BCUT2D eigenvalue weighted by molar-refractivity contribution is 0.0950. The van der Waals surface area contributed by atoms with Crippen LogP contribution < -0.4 is 10.0 Å². The van der Waals surface area contributed by atoms with Crippen molar-refractivity contribution < 1.29 is 17.6 Å². The number of anilines is 1. The third-order valence-electron chi connectivity index (χ3n) is 5.28. The summed E-state index contributed by atoms with van der Waals surface area (Å²) in [6.07, 6.45) is 5.36. The van der Waals surface area contributed by atoms with Crippen molar-refractivity contribution in [3.05, 3.63) is 114 Å². The van der Waals surface area contributed by atoms with E-state index in [4.69, 9.17) is 0 Å². The first kappa shape index (κ1) is 23.2. The van der Waals surface area contributed by atoms with E-state index >= 15 is 0 Å². The highest BCUT2D eigenvalue weighted by atomic mass is 32.2. The Bertz CT molecular complexity index is 1400. The van der Waals surface area contributed by atoms with Crippen molar-refractivity contribution in [3.63, 3.8) is 0 Å². The van der Waals surface area contributed by atoms with Crippen LogP contribution in [0.15, 0.2) is 90.3 Å². The van der Waals surface area contributed by atoms with Crippen molar-refractivity contribution in [2.45, 2.75) is 24.9 Å². The minimum atomic E-state index is -4.08. The number of para-hydroxylation sites is 1. The Balaban J connectivity index is 1.44. The number of sulfonamides is 1. The molecule has 0 fully saturated rings. The van der Waals surface area contributed by atoms with Gasteiger partial charge in [0.15, 0.2) is 0 Å². The summed E-state index contributed by atoms with van der Waals surface area (Å²) in [4.78, 5) is 16.7. The molecule has 4 rings (SSSR count). The van der Waals surface area contributed by atoms with E-state index in [1.54, 1.807) is 25.5 Å². The molecule has 0 unspecified atom stereocenters. The number of carbonyl (C=O) groups excluding carboxylic acids is 1. The van der Waals surface area contributed by atoms with Crippen LogP contribution in [-0.2, 0) is 23.1 Å². The molecule has 0 atom stereocenters. The minimum absolute atomic E-state index is 0.129. The van der Waals surface area contributed by atoms with Gasteiger partial charge in [0.05, 0.1) is 16.9 Å². The van der Waals surface area contributed by atoms with Crippen molar-refractivity contribution >= 4 is 21.6 Å².